The van der Waals surface area contributed by atoms with Crippen LogP contribution in [0.5, 0.6) is 5.75 Å². The first-order chi connectivity index (χ1) is 15.6. The Bertz CT molecular complexity index is 963. The molecule has 2 aliphatic rings. The Hall–Kier alpha value is -2.62. The molecule has 32 heavy (non-hydrogen) atoms. The summed E-state index contributed by atoms with van der Waals surface area (Å²) >= 11 is 0. The molecule has 4 rings (SSSR count). The van der Waals surface area contributed by atoms with Crippen molar-refractivity contribution < 1.29 is 14.3 Å². The van der Waals surface area contributed by atoms with Crippen LogP contribution in [-0.2, 0) is 16.0 Å². The van der Waals surface area contributed by atoms with E-state index in [1.807, 2.05) is 19.1 Å². The Balaban J connectivity index is 1.60. The molecule has 1 N–H and O–H groups in total. The highest BCUT2D eigenvalue weighted by molar-refractivity contribution is 5.94. The van der Waals surface area contributed by atoms with Crippen molar-refractivity contribution in [3.63, 3.8) is 0 Å². The molecule has 170 valence electrons. The van der Waals surface area contributed by atoms with Gasteiger partial charge in [0.1, 0.15) is 12.0 Å². The van der Waals surface area contributed by atoms with Gasteiger partial charge in [-0.25, -0.2) is 0 Å². The molecule has 0 spiro atoms. The van der Waals surface area contributed by atoms with E-state index in [4.69, 9.17) is 4.74 Å². The summed E-state index contributed by atoms with van der Waals surface area (Å²) in [6, 6.07) is 12.5. The summed E-state index contributed by atoms with van der Waals surface area (Å²) < 4.78 is 5.83. The van der Waals surface area contributed by atoms with Crippen molar-refractivity contribution in [1.29, 1.82) is 0 Å². The average molecular weight is 434 g/mol. The molecule has 4 heteroatoms. The minimum atomic E-state index is -0.207. The number of aryl methyl sites for hydroxylation is 1. The number of anilines is 1. The zero-order chi connectivity index (χ0) is 22.5. The fraction of sp³-hybridized carbons (Fsp3) is 0.500. The number of amides is 1. The lowest BCUT2D eigenvalue weighted by Crippen LogP contribution is -2.32. The van der Waals surface area contributed by atoms with Gasteiger partial charge < -0.3 is 14.8 Å². The number of hydrogen-bond donors (Lipinski definition) is 1. The highest BCUT2D eigenvalue weighted by Crippen LogP contribution is 2.38. The Morgan fingerprint density at radius 3 is 2.66 bits per heavy atom. The van der Waals surface area contributed by atoms with Crippen molar-refractivity contribution in [1.82, 2.24) is 0 Å². The molecule has 1 amide bonds. The lowest BCUT2D eigenvalue weighted by molar-refractivity contribution is -0.126. The Labute approximate surface area is 191 Å². The number of aldehydes is 1. The van der Waals surface area contributed by atoms with Crippen LogP contribution < -0.4 is 10.1 Å². The second-order valence-corrected chi connectivity index (χ2v) is 9.40. The molecule has 2 aromatic rings. The van der Waals surface area contributed by atoms with E-state index < -0.39 is 0 Å². The van der Waals surface area contributed by atoms with Crippen molar-refractivity contribution in [3.05, 3.63) is 47.5 Å². The maximum absolute atomic E-state index is 13.0. The minimum Gasteiger partial charge on any atom is -0.494 e. The van der Waals surface area contributed by atoms with E-state index in [0.717, 1.165) is 61.3 Å². The lowest BCUT2D eigenvalue weighted by Gasteiger charge is -2.26. The number of ether oxygens (including phenoxy) is 1. The number of benzene rings is 2. The van der Waals surface area contributed by atoms with E-state index in [9.17, 15) is 9.59 Å². The van der Waals surface area contributed by atoms with Gasteiger partial charge in [-0.2, -0.15) is 0 Å². The van der Waals surface area contributed by atoms with Crippen LogP contribution >= 0.6 is 0 Å². The standard InChI is InChI=1S/C28H35NO3/c1-3-32-27-10-6-9-24(19(27)2)25-16-15-23(17-21(25)14-13-20-11-12-20)29-28(31)26-8-5-4-7-22(26)18-30/h6,9-10,15-18,20,22,26H,3-5,7-8,11-14H2,1-2H3,(H,29,31)/t22?,26-/m0/s1. The Kier molecular flexibility index (Phi) is 7.29. The normalized spacial score (nSPS) is 20.6. The number of carbonyl (C=O) groups is 2. The molecule has 4 nitrogen and oxygen atoms in total. The van der Waals surface area contributed by atoms with Gasteiger partial charge in [-0.05, 0) is 85.9 Å². The first-order valence-electron chi connectivity index (χ1n) is 12.2. The van der Waals surface area contributed by atoms with Gasteiger partial charge in [0.05, 0.1) is 6.61 Å². The van der Waals surface area contributed by atoms with E-state index >= 15 is 0 Å². The summed E-state index contributed by atoms with van der Waals surface area (Å²) in [5, 5.41) is 3.12. The van der Waals surface area contributed by atoms with Crippen LogP contribution in [-0.4, -0.2) is 18.8 Å². The zero-order valence-electron chi connectivity index (χ0n) is 19.4. The van der Waals surface area contributed by atoms with Crippen molar-refractivity contribution in [2.45, 2.75) is 65.2 Å². The van der Waals surface area contributed by atoms with Crippen molar-refractivity contribution in [3.8, 4) is 16.9 Å². The van der Waals surface area contributed by atoms with Gasteiger partial charge >= 0.3 is 0 Å². The molecule has 0 aromatic heterocycles. The Morgan fingerprint density at radius 2 is 1.91 bits per heavy atom. The van der Waals surface area contributed by atoms with E-state index in [1.54, 1.807) is 0 Å². The second kappa shape index (κ2) is 10.3. The van der Waals surface area contributed by atoms with Crippen molar-refractivity contribution >= 4 is 17.9 Å². The Morgan fingerprint density at radius 1 is 1.09 bits per heavy atom. The van der Waals surface area contributed by atoms with Gasteiger partial charge in [-0.3, -0.25) is 4.79 Å². The minimum absolute atomic E-state index is 0.0165. The maximum Gasteiger partial charge on any atom is 0.228 e. The van der Waals surface area contributed by atoms with Gasteiger partial charge in [0.25, 0.3) is 0 Å². The predicted molar refractivity (Wildman–Crippen MR) is 129 cm³/mol. The molecular weight excluding hydrogens is 398 g/mol. The van der Waals surface area contributed by atoms with Gasteiger partial charge in [0.15, 0.2) is 0 Å². The molecule has 0 saturated heterocycles. The third-order valence-corrected chi connectivity index (χ3v) is 7.10. The quantitative estimate of drug-likeness (QED) is 0.469. The van der Waals surface area contributed by atoms with Gasteiger partial charge in [0.2, 0.25) is 5.91 Å². The predicted octanol–water partition coefficient (Wildman–Crippen LogP) is 6.35. The summed E-state index contributed by atoms with van der Waals surface area (Å²) in [7, 11) is 0. The first-order valence-corrected chi connectivity index (χ1v) is 12.2. The van der Waals surface area contributed by atoms with Gasteiger partial charge in [0, 0.05) is 17.5 Å². The summed E-state index contributed by atoms with van der Waals surface area (Å²) in [5.41, 5.74) is 5.65. The van der Waals surface area contributed by atoms with E-state index in [0.29, 0.717) is 6.61 Å². The van der Waals surface area contributed by atoms with E-state index in [2.05, 4.69) is 36.5 Å². The van der Waals surface area contributed by atoms with Crippen molar-refractivity contribution in [2.75, 3.05) is 11.9 Å². The van der Waals surface area contributed by atoms with Crippen LogP contribution in [0, 0.1) is 24.7 Å². The number of nitrogens with one attached hydrogen (secondary N) is 1. The van der Waals surface area contributed by atoms with Crippen LogP contribution in [0.1, 0.15) is 63.0 Å². The van der Waals surface area contributed by atoms with Gasteiger partial charge in [-0.1, -0.05) is 43.9 Å². The third kappa shape index (κ3) is 5.23. The highest BCUT2D eigenvalue weighted by Gasteiger charge is 2.30. The molecule has 0 heterocycles. The molecule has 2 atom stereocenters. The zero-order valence-corrected chi connectivity index (χ0v) is 19.4. The fourth-order valence-corrected chi connectivity index (χ4v) is 5.01. The molecule has 2 aromatic carbocycles. The molecular formula is C28H35NO3. The molecule has 0 bridgehead atoms. The van der Waals surface area contributed by atoms with E-state index in [-0.39, 0.29) is 17.7 Å². The summed E-state index contributed by atoms with van der Waals surface area (Å²) in [6.45, 7) is 4.77. The van der Waals surface area contributed by atoms with E-state index in [1.165, 1.54) is 36.0 Å². The fourth-order valence-electron chi connectivity index (χ4n) is 5.01. The molecule has 0 radical (unpaired) electrons. The number of hydrogen-bond acceptors (Lipinski definition) is 3. The van der Waals surface area contributed by atoms with Crippen LogP contribution in [0.25, 0.3) is 11.1 Å². The summed E-state index contributed by atoms with van der Waals surface area (Å²) in [4.78, 5) is 24.4. The summed E-state index contributed by atoms with van der Waals surface area (Å²) in [6.07, 6.45) is 9.50. The molecule has 2 fully saturated rings. The smallest absolute Gasteiger partial charge is 0.228 e. The average Bonchev–Trinajstić information content (AvgIpc) is 3.64. The first kappa shape index (κ1) is 22.6. The largest absolute Gasteiger partial charge is 0.494 e. The van der Waals surface area contributed by atoms with Crippen LogP contribution in [0.2, 0.25) is 0 Å². The number of rotatable bonds is 9. The van der Waals surface area contributed by atoms with Crippen LogP contribution in [0.15, 0.2) is 36.4 Å². The number of carbonyl (C=O) groups excluding carboxylic acids is 2. The maximum atomic E-state index is 13.0. The van der Waals surface area contributed by atoms with Crippen LogP contribution in [0.4, 0.5) is 5.69 Å². The molecule has 0 aliphatic heterocycles. The molecule has 1 unspecified atom stereocenters. The second-order valence-electron chi connectivity index (χ2n) is 9.40. The molecule has 2 saturated carbocycles. The third-order valence-electron chi connectivity index (χ3n) is 7.10. The monoisotopic (exact) mass is 433 g/mol. The highest BCUT2D eigenvalue weighted by atomic mass is 16.5. The van der Waals surface area contributed by atoms with Gasteiger partial charge in [-0.15, -0.1) is 0 Å². The van der Waals surface area contributed by atoms with Crippen molar-refractivity contribution in [2.24, 2.45) is 17.8 Å². The SMILES string of the molecule is CCOc1cccc(-c2ccc(NC(=O)[C@H]3CCCCC3C=O)cc2CCC2CC2)c1C. The topological polar surface area (TPSA) is 55.4 Å². The lowest BCUT2D eigenvalue weighted by atomic mass is 9.79. The van der Waals surface area contributed by atoms with Crippen LogP contribution in [0.3, 0.4) is 0 Å². The molecule has 2 aliphatic carbocycles. The summed E-state index contributed by atoms with van der Waals surface area (Å²) in [5.74, 6) is 1.39.